The van der Waals surface area contributed by atoms with Crippen LogP contribution in [0.1, 0.15) is 25.7 Å². The summed E-state index contributed by atoms with van der Waals surface area (Å²) in [5, 5.41) is 0. The van der Waals surface area contributed by atoms with Gasteiger partial charge in [0.2, 0.25) is 0 Å². The molecule has 2 aliphatic heterocycles. The van der Waals surface area contributed by atoms with Gasteiger partial charge < -0.3 is 9.80 Å². The molecule has 0 aliphatic carbocycles. The lowest BCUT2D eigenvalue weighted by molar-refractivity contribution is -0.891. The fraction of sp³-hybridized carbons (Fsp3) is 0.688. The van der Waals surface area contributed by atoms with E-state index in [1.807, 2.05) is 4.90 Å². The van der Waals surface area contributed by atoms with Gasteiger partial charge in [-0.15, -0.1) is 11.3 Å². The molecule has 0 aromatic carbocycles. The molecular formula is C16H25ClN3O3S2+. The van der Waals surface area contributed by atoms with Crippen molar-refractivity contribution in [3.63, 3.8) is 0 Å². The van der Waals surface area contributed by atoms with Gasteiger partial charge in [-0.1, -0.05) is 11.6 Å². The zero-order valence-corrected chi connectivity index (χ0v) is 16.6. The molecule has 140 valence electrons. The van der Waals surface area contributed by atoms with Crippen molar-refractivity contribution in [2.45, 2.75) is 29.9 Å². The maximum absolute atomic E-state index is 12.6. The highest BCUT2D eigenvalue weighted by atomic mass is 35.5. The SMILES string of the molecule is O=C(C[NH+]1CCCCCC1)N1CCN(S(=O)(=O)c2ccc(Cl)s2)CC1. The van der Waals surface area contributed by atoms with Gasteiger partial charge in [0.1, 0.15) is 4.21 Å². The van der Waals surface area contributed by atoms with Crippen LogP contribution in [0.2, 0.25) is 4.34 Å². The molecule has 0 unspecified atom stereocenters. The average Bonchev–Trinajstić information content (AvgIpc) is 2.89. The van der Waals surface area contributed by atoms with Crippen LogP contribution in [0.3, 0.4) is 0 Å². The van der Waals surface area contributed by atoms with Crippen LogP contribution >= 0.6 is 22.9 Å². The normalized spacial score (nSPS) is 21.2. The molecule has 1 aromatic rings. The average molecular weight is 407 g/mol. The molecule has 0 atom stereocenters. The number of likely N-dealkylation sites (tertiary alicyclic amines) is 1. The fourth-order valence-corrected chi connectivity index (χ4v) is 6.53. The number of rotatable bonds is 4. The van der Waals surface area contributed by atoms with Gasteiger partial charge >= 0.3 is 0 Å². The van der Waals surface area contributed by atoms with Gasteiger partial charge in [-0.05, 0) is 37.8 Å². The van der Waals surface area contributed by atoms with Crippen molar-refractivity contribution in [1.82, 2.24) is 9.21 Å². The van der Waals surface area contributed by atoms with Crippen LogP contribution in [-0.2, 0) is 14.8 Å². The van der Waals surface area contributed by atoms with Crippen molar-refractivity contribution in [3.05, 3.63) is 16.5 Å². The summed E-state index contributed by atoms with van der Waals surface area (Å²) >= 11 is 6.93. The van der Waals surface area contributed by atoms with E-state index in [-0.39, 0.29) is 10.1 Å². The van der Waals surface area contributed by atoms with Crippen molar-refractivity contribution in [1.29, 1.82) is 0 Å². The Bertz CT molecular complexity index is 691. The number of thiophene rings is 1. The molecule has 6 nitrogen and oxygen atoms in total. The summed E-state index contributed by atoms with van der Waals surface area (Å²) in [6.45, 7) is 4.29. The highest BCUT2D eigenvalue weighted by Crippen LogP contribution is 2.28. The first-order valence-electron chi connectivity index (χ1n) is 8.83. The molecule has 2 aliphatic rings. The smallest absolute Gasteiger partial charge is 0.277 e. The molecule has 0 bridgehead atoms. The molecule has 1 N–H and O–H groups in total. The standard InChI is InChI=1S/C16H24ClN3O3S2/c17-14-5-6-16(24-14)25(22,23)20-11-9-19(10-12-20)15(21)13-18-7-3-1-2-4-8-18/h5-6H,1-4,7-13H2/p+1. The quantitative estimate of drug-likeness (QED) is 0.800. The molecule has 0 saturated carbocycles. The molecule has 3 rings (SSSR count). The van der Waals surface area contributed by atoms with E-state index in [0.29, 0.717) is 37.1 Å². The van der Waals surface area contributed by atoms with E-state index in [1.54, 1.807) is 12.1 Å². The zero-order chi connectivity index (χ0) is 17.9. The number of hydrogen-bond acceptors (Lipinski definition) is 4. The monoisotopic (exact) mass is 406 g/mol. The van der Waals surface area contributed by atoms with E-state index in [1.165, 1.54) is 34.9 Å². The first-order chi connectivity index (χ1) is 12.0. The number of sulfonamides is 1. The Morgan fingerprint density at radius 1 is 1.08 bits per heavy atom. The molecule has 25 heavy (non-hydrogen) atoms. The lowest BCUT2D eigenvalue weighted by Gasteiger charge is -2.34. The Kier molecular flexibility index (Phi) is 6.38. The summed E-state index contributed by atoms with van der Waals surface area (Å²) < 4.78 is 27.4. The van der Waals surface area contributed by atoms with Crippen molar-refractivity contribution >= 4 is 38.9 Å². The largest absolute Gasteiger partial charge is 0.335 e. The highest BCUT2D eigenvalue weighted by Gasteiger charge is 2.32. The number of quaternary nitrogens is 1. The molecule has 2 fully saturated rings. The number of nitrogens with one attached hydrogen (secondary N) is 1. The first-order valence-corrected chi connectivity index (χ1v) is 11.5. The van der Waals surface area contributed by atoms with Gasteiger partial charge in [0.25, 0.3) is 15.9 Å². The Labute approximate surface area is 158 Å². The van der Waals surface area contributed by atoms with Crippen LogP contribution in [0, 0.1) is 0 Å². The van der Waals surface area contributed by atoms with Crippen molar-refractivity contribution in [2.75, 3.05) is 45.8 Å². The molecule has 0 radical (unpaired) electrons. The minimum atomic E-state index is -3.50. The molecule has 9 heteroatoms. The van der Waals surface area contributed by atoms with Crippen LogP contribution in [0.25, 0.3) is 0 Å². The Hall–Kier alpha value is -0.670. The highest BCUT2D eigenvalue weighted by molar-refractivity contribution is 7.91. The zero-order valence-electron chi connectivity index (χ0n) is 14.2. The van der Waals surface area contributed by atoms with Crippen LogP contribution in [0.4, 0.5) is 0 Å². The van der Waals surface area contributed by atoms with E-state index in [9.17, 15) is 13.2 Å². The molecule has 0 spiro atoms. The molecule has 3 heterocycles. The molecule has 2 saturated heterocycles. The number of amides is 1. The van der Waals surface area contributed by atoms with Crippen LogP contribution in [0.15, 0.2) is 16.3 Å². The fourth-order valence-electron chi connectivity index (χ4n) is 3.47. The maximum Gasteiger partial charge on any atom is 0.277 e. The van der Waals surface area contributed by atoms with E-state index in [2.05, 4.69) is 0 Å². The van der Waals surface area contributed by atoms with Gasteiger partial charge in [-0.25, -0.2) is 8.42 Å². The second-order valence-electron chi connectivity index (χ2n) is 6.68. The lowest BCUT2D eigenvalue weighted by atomic mass is 10.2. The topological polar surface area (TPSA) is 62.1 Å². The summed E-state index contributed by atoms with van der Waals surface area (Å²) in [6, 6.07) is 3.14. The van der Waals surface area contributed by atoms with E-state index in [0.717, 1.165) is 24.4 Å². The number of carbonyl (C=O) groups excluding carboxylic acids is 1. The predicted octanol–water partition coefficient (Wildman–Crippen LogP) is 0.693. The number of hydrogen-bond donors (Lipinski definition) is 1. The van der Waals surface area contributed by atoms with E-state index in [4.69, 9.17) is 11.6 Å². The van der Waals surface area contributed by atoms with Crippen molar-refractivity contribution < 1.29 is 18.1 Å². The van der Waals surface area contributed by atoms with Crippen molar-refractivity contribution in [3.8, 4) is 0 Å². The van der Waals surface area contributed by atoms with E-state index < -0.39 is 10.0 Å². The molecule has 1 aromatic heterocycles. The number of carbonyl (C=O) groups is 1. The van der Waals surface area contributed by atoms with Gasteiger partial charge in [-0.2, -0.15) is 4.31 Å². The summed E-state index contributed by atoms with van der Waals surface area (Å²) in [6.07, 6.45) is 4.91. The number of nitrogens with zero attached hydrogens (tertiary/aromatic N) is 2. The second kappa shape index (κ2) is 8.35. The summed E-state index contributed by atoms with van der Waals surface area (Å²) in [4.78, 5) is 15.7. The Morgan fingerprint density at radius 3 is 2.28 bits per heavy atom. The van der Waals surface area contributed by atoms with Gasteiger partial charge in [0.15, 0.2) is 6.54 Å². The Balaban J connectivity index is 1.53. The molecular weight excluding hydrogens is 382 g/mol. The Morgan fingerprint density at radius 2 is 1.72 bits per heavy atom. The predicted molar refractivity (Wildman–Crippen MR) is 98.7 cm³/mol. The minimum Gasteiger partial charge on any atom is -0.335 e. The minimum absolute atomic E-state index is 0.146. The third kappa shape index (κ3) is 4.74. The van der Waals surface area contributed by atoms with Crippen LogP contribution in [-0.4, -0.2) is 69.3 Å². The van der Waals surface area contributed by atoms with Gasteiger partial charge in [0, 0.05) is 26.2 Å². The van der Waals surface area contributed by atoms with E-state index >= 15 is 0 Å². The first kappa shape index (κ1) is 19.1. The lowest BCUT2D eigenvalue weighted by Crippen LogP contribution is -3.13. The molecule has 1 amide bonds. The summed E-state index contributed by atoms with van der Waals surface area (Å²) in [5.74, 6) is 0.146. The third-order valence-corrected chi connectivity index (χ3v) is 8.54. The third-order valence-electron chi connectivity index (χ3n) is 4.95. The summed E-state index contributed by atoms with van der Waals surface area (Å²) in [7, 11) is -3.50. The van der Waals surface area contributed by atoms with Crippen LogP contribution in [0.5, 0.6) is 0 Å². The second-order valence-corrected chi connectivity index (χ2v) is 10.6. The number of halogens is 1. The summed E-state index contributed by atoms with van der Waals surface area (Å²) in [5.41, 5.74) is 0. The number of piperazine rings is 1. The van der Waals surface area contributed by atoms with Crippen molar-refractivity contribution in [2.24, 2.45) is 0 Å². The van der Waals surface area contributed by atoms with Gasteiger partial charge in [0.05, 0.1) is 17.4 Å². The maximum atomic E-state index is 12.6. The van der Waals surface area contributed by atoms with Gasteiger partial charge in [-0.3, -0.25) is 4.79 Å². The van der Waals surface area contributed by atoms with Crippen LogP contribution < -0.4 is 4.90 Å².